The molecule has 0 radical (unpaired) electrons. The first-order valence-electron chi connectivity index (χ1n) is 7.27. The third kappa shape index (κ3) is 3.19. The molecule has 2 amide bonds. The molecule has 1 atom stereocenters. The van der Waals surface area contributed by atoms with E-state index in [4.69, 9.17) is 14.2 Å². The van der Waals surface area contributed by atoms with E-state index in [1.165, 1.54) is 21.3 Å². The zero-order chi connectivity index (χ0) is 17.9. The lowest BCUT2D eigenvalue weighted by atomic mass is 9.94. The standard InChI is InChI=1S/C16H19BrN2O5/c1-5-9-11(15(20)24-4)13(19-16(21)18-9)8-6-7-10(22-2)14(23-3)12(8)17/h6-7,13H,5H2,1-4H3,(H2,18,19,21). The average Bonchev–Trinajstić information content (AvgIpc) is 2.59. The van der Waals surface area contributed by atoms with Gasteiger partial charge in [0.25, 0.3) is 0 Å². The molecule has 0 saturated carbocycles. The van der Waals surface area contributed by atoms with Crippen molar-refractivity contribution in [2.75, 3.05) is 21.3 Å². The van der Waals surface area contributed by atoms with Crippen molar-refractivity contribution in [1.29, 1.82) is 0 Å². The van der Waals surface area contributed by atoms with E-state index >= 15 is 0 Å². The van der Waals surface area contributed by atoms with Crippen LogP contribution in [0.15, 0.2) is 27.9 Å². The number of nitrogens with one attached hydrogen (secondary N) is 2. The molecule has 1 heterocycles. The highest BCUT2D eigenvalue weighted by Gasteiger charge is 2.34. The molecule has 1 aromatic carbocycles. The number of esters is 1. The Morgan fingerprint density at radius 1 is 1.25 bits per heavy atom. The van der Waals surface area contributed by atoms with E-state index in [-0.39, 0.29) is 6.03 Å². The maximum absolute atomic E-state index is 12.3. The van der Waals surface area contributed by atoms with E-state index in [0.717, 1.165) is 0 Å². The van der Waals surface area contributed by atoms with Crippen LogP contribution in [0.4, 0.5) is 4.79 Å². The van der Waals surface area contributed by atoms with Crippen molar-refractivity contribution in [2.24, 2.45) is 0 Å². The number of hydrogen-bond donors (Lipinski definition) is 2. The van der Waals surface area contributed by atoms with Gasteiger partial charge in [0.05, 0.1) is 37.4 Å². The number of hydrogen-bond acceptors (Lipinski definition) is 5. The molecule has 0 aromatic heterocycles. The van der Waals surface area contributed by atoms with Crippen molar-refractivity contribution in [3.63, 3.8) is 0 Å². The topological polar surface area (TPSA) is 85.9 Å². The molecule has 130 valence electrons. The van der Waals surface area contributed by atoms with Crippen LogP contribution in [0.25, 0.3) is 0 Å². The molecule has 1 aliphatic heterocycles. The van der Waals surface area contributed by atoms with Crippen LogP contribution in [-0.2, 0) is 9.53 Å². The maximum Gasteiger partial charge on any atom is 0.337 e. The van der Waals surface area contributed by atoms with Crippen molar-refractivity contribution < 1.29 is 23.8 Å². The Morgan fingerprint density at radius 3 is 2.50 bits per heavy atom. The molecule has 1 unspecified atom stereocenters. The summed E-state index contributed by atoms with van der Waals surface area (Å²) in [5, 5.41) is 5.42. The first kappa shape index (κ1) is 18.1. The molecule has 1 aliphatic rings. The lowest BCUT2D eigenvalue weighted by Gasteiger charge is -2.30. The summed E-state index contributed by atoms with van der Waals surface area (Å²) in [6, 6.07) is 2.42. The van der Waals surface area contributed by atoms with Crippen LogP contribution in [0.5, 0.6) is 11.5 Å². The maximum atomic E-state index is 12.3. The predicted octanol–water partition coefficient (Wildman–Crippen LogP) is 2.66. The summed E-state index contributed by atoms with van der Waals surface area (Å²) in [5.41, 5.74) is 1.54. The number of rotatable bonds is 5. The molecule has 0 spiro atoms. The first-order chi connectivity index (χ1) is 11.5. The van der Waals surface area contributed by atoms with E-state index in [1.807, 2.05) is 6.92 Å². The molecule has 1 aromatic rings. The molecule has 0 fully saturated rings. The highest BCUT2D eigenvalue weighted by molar-refractivity contribution is 9.10. The Kier molecular flexibility index (Phi) is 5.71. The molecule has 2 rings (SSSR count). The fourth-order valence-corrected chi connectivity index (χ4v) is 3.33. The fraction of sp³-hybridized carbons (Fsp3) is 0.375. The molecule has 24 heavy (non-hydrogen) atoms. The van der Waals surface area contributed by atoms with Gasteiger partial charge in [-0.05, 0) is 34.0 Å². The zero-order valence-corrected chi connectivity index (χ0v) is 15.4. The van der Waals surface area contributed by atoms with E-state index in [1.54, 1.807) is 12.1 Å². The van der Waals surface area contributed by atoms with E-state index in [9.17, 15) is 9.59 Å². The largest absolute Gasteiger partial charge is 0.493 e. The van der Waals surface area contributed by atoms with E-state index < -0.39 is 12.0 Å². The quantitative estimate of drug-likeness (QED) is 0.744. The summed E-state index contributed by atoms with van der Waals surface area (Å²) in [7, 11) is 4.35. The third-order valence-electron chi connectivity index (χ3n) is 3.74. The Hall–Kier alpha value is -2.22. The Labute approximate surface area is 148 Å². The summed E-state index contributed by atoms with van der Waals surface area (Å²) in [5.74, 6) is 0.503. The molecule has 0 saturated heterocycles. The van der Waals surface area contributed by atoms with E-state index in [0.29, 0.717) is 39.2 Å². The van der Waals surface area contributed by atoms with Gasteiger partial charge in [-0.15, -0.1) is 0 Å². The van der Waals surface area contributed by atoms with Crippen LogP contribution in [0.3, 0.4) is 0 Å². The second-order valence-corrected chi connectivity index (χ2v) is 5.77. The van der Waals surface area contributed by atoms with Gasteiger partial charge in [0.15, 0.2) is 11.5 Å². The predicted molar refractivity (Wildman–Crippen MR) is 91.0 cm³/mol. The average molecular weight is 399 g/mol. The van der Waals surface area contributed by atoms with Gasteiger partial charge in [-0.2, -0.15) is 0 Å². The van der Waals surface area contributed by atoms with Gasteiger partial charge < -0.3 is 24.8 Å². The second-order valence-electron chi connectivity index (χ2n) is 4.97. The number of amides is 2. The van der Waals surface area contributed by atoms with Gasteiger partial charge in [0.2, 0.25) is 0 Å². The SMILES string of the molecule is CCC1=C(C(=O)OC)C(c2ccc(OC)c(OC)c2Br)NC(=O)N1. The van der Waals surface area contributed by atoms with Crippen molar-refractivity contribution in [3.05, 3.63) is 33.4 Å². The monoisotopic (exact) mass is 398 g/mol. The molecule has 8 heteroatoms. The number of ether oxygens (including phenoxy) is 3. The van der Waals surface area contributed by atoms with Crippen LogP contribution in [0.2, 0.25) is 0 Å². The smallest absolute Gasteiger partial charge is 0.337 e. The van der Waals surface area contributed by atoms with Gasteiger partial charge in [-0.3, -0.25) is 0 Å². The Morgan fingerprint density at radius 2 is 1.96 bits per heavy atom. The number of urea groups is 1. The second kappa shape index (κ2) is 7.57. The number of methoxy groups -OCH3 is 3. The van der Waals surface area contributed by atoms with Gasteiger partial charge in [0, 0.05) is 5.70 Å². The zero-order valence-electron chi connectivity index (χ0n) is 13.9. The van der Waals surface area contributed by atoms with Crippen LogP contribution >= 0.6 is 15.9 Å². The molecular formula is C16H19BrN2O5. The van der Waals surface area contributed by atoms with Crippen molar-refractivity contribution in [3.8, 4) is 11.5 Å². The van der Waals surface area contributed by atoms with Gasteiger partial charge in [0.1, 0.15) is 0 Å². The normalized spacial score (nSPS) is 17.0. The lowest BCUT2D eigenvalue weighted by Crippen LogP contribution is -2.45. The lowest BCUT2D eigenvalue weighted by molar-refractivity contribution is -0.136. The van der Waals surface area contributed by atoms with Gasteiger partial charge in [-0.25, -0.2) is 9.59 Å². The number of benzene rings is 1. The Bertz CT molecular complexity index is 702. The number of carbonyl (C=O) groups is 2. The van der Waals surface area contributed by atoms with Crippen molar-refractivity contribution in [1.82, 2.24) is 10.6 Å². The molecule has 0 aliphatic carbocycles. The van der Waals surface area contributed by atoms with Crippen LogP contribution in [0.1, 0.15) is 24.9 Å². The molecular weight excluding hydrogens is 380 g/mol. The van der Waals surface area contributed by atoms with E-state index in [2.05, 4.69) is 26.6 Å². The molecule has 7 nitrogen and oxygen atoms in total. The number of allylic oxidation sites excluding steroid dienone is 1. The fourth-order valence-electron chi connectivity index (χ4n) is 2.61. The third-order valence-corrected chi connectivity index (χ3v) is 4.56. The number of halogens is 1. The summed E-state index contributed by atoms with van der Waals surface area (Å²) in [6.45, 7) is 1.85. The summed E-state index contributed by atoms with van der Waals surface area (Å²) >= 11 is 3.48. The minimum Gasteiger partial charge on any atom is -0.493 e. The first-order valence-corrected chi connectivity index (χ1v) is 8.06. The van der Waals surface area contributed by atoms with Crippen molar-refractivity contribution >= 4 is 27.9 Å². The summed E-state index contributed by atoms with van der Waals surface area (Å²) in [6.07, 6.45) is 0.485. The number of carbonyl (C=O) groups excluding carboxylic acids is 2. The van der Waals surface area contributed by atoms with Crippen LogP contribution in [-0.4, -0.2) is 33.3 Å². The molecule has 0 bridgehead atoms. The highest BCUT2D eigenvalue weighted by atomic mass is 79.9. The summed E-state index contributed by atoms with van der Waals surface area (Å²) in [4.78, 5) is 24.3. The Balaban J connectivity index is 2.64. The minimum absolute atomic E-state index is 0.354. The molecule has 2 N–H and O–H groups in total. The van der Waals surface area contributed by atoms with Gasteiger partial charge in [-0.1, -0.05) is 13.0 Å². The highest BCUT2D eigenvalue weighted by Crippen LogP contribution is 2.42. The minimum atomic E-state index is -0.671. The van der Waals surface area contributed by atoms with Crippen molar-refractivity contribution in [2.45, 2.75) is 19.4 Å². The summed E-state index contributed by atoms with van der Waals surface area (Å²) < 4.78 is 16.1. The van der Waals surface area contributed by atoms with Crippen LogP contribution in [0, 0.1) is 0 Å². The van der Waals surface area contributed by atoms with Crippen LogP contribution < -0.4 is 20.1 Å². The van der Waals surface area contributed by atoms with Gasteiger partial charge >= 0.3 is 12.0 Å².